The van der Waals surface area contributed by atoms with Gasteiger partial charge in [-0.1, -0.05) is 0 Å². The van der Waals surface area contributed by atoms with Gasteiger partial charge in [0, 0.05) is 35.1 Å². The lowest BCUT2D eigenvalue weighted by molar-refractivity contribution is -0.123. The number of hydrogen-bond donors (Lipinski definition) is 2. The van der Waals surface area contributed by atoms with Crippen LogP contribution in [0.3, 0.4) is 0 Å². The number of hydrogen-bond acceptors (Lipinski definition) is 4. The molecule has 5 heteroatoms. The van der Waals surface area contributed by atoms with Crippen molar-refractivity contribution in [3.63, 3.8) is 0 Å². The van der Waals surface area contributed by atoms with Crippen LogP contribution in [0.4, 0.5) is 0 Å². The fraction of sp³-hybridized carbons (Fsp3) is 0.909. The Balaban J connectivity index is 2.17. The Labute approximate surface area is 107 Å². The molecule has 94 valence electrons. The fourth-order valence-corrected chi connectivity index (χ4v) is 4.09. The van der Waals surface area contributed by atoms with Gasteiger partial charge in [-0.15, -0.1) is 0 Å². The number of thioether (sulfide) groups is 2. The van der Waals surface area contributed by atoms with E-state index < -0.39 is 0 Å². The van der Waals surface area contributed by atoms with Crippen molar-refractivity contribution >= 4 is 29.4 Å². The Hall–Kier alpha value is 0.130. The molecule has 2 atom stereocenters. The Morgan fingerprint density at radius 1 is 1.38 bits per heavy atom. The van der Waals surface area contributed by atoms with Crippen molar-refractivity contribution in [1.82, 2.24) is 10.6 Å². The van der Waals surface area contributed by atoms with Gasteiger partial charge in [0.05, 0.1) is 6.04 Å². The maximum atomic E-state index is 11.6. The highest BCUT2D eigenvalue weighted by molar-refractivity contribution is 8.06. The predicted octanol–water partition coefficient (Wildman–Crippen LogP) is 1.34. The van der Waals surface area contributed by atoms with Crippen molar-refractivity contribution in [2.24, 2.45) is 0 Å². The second-order valence-electron chi connectivity index (χ2n) is 4.36. The first kappa shape index (κ1) is 14.2. The van der Waals surface area contributed by atoms with Gasteiger partial charge in [0.25, 0.3) is 0 Å². The highest BCUT2D eigenvalue weighted by atomic mass is 32.2. The summed E-state index contributed by atoms with van der Waals surface area (Å²) in [4.78, 5) is 11.6. The van der Waals surface area contributed by atoms with E-state index in [1.54, 1.807) is 0 Å². The van der Waals surface area contributed by atoms with E-state index in [9.17, 15) is 4.79 Å². The highest BCUT2D eigenvalue weighted by Crippen LogP contribution is 2.23. The molecule has 1 saturated heterocycles. The molecule has 1 aliphatic heterocycles. The van der Waals surface area contributed by atoms with Crippen LogP contribution in [0.25, 0.3) is 0 Å². The molecule has 3 nitrogen and oxygen atoms in total. The van der Waals surface area contributed by atoms with E-state index in [1.165, 1.54) is 17.3 Å². The number of carbonyl (C=O) groups excluding carboxylic acids is 1. The second kappa shape index (κ2) is 7.45. The Morgan fingerprint density at radius 2 is 2.12 bits per heavy atom. The van der Waals surface area contributed by atoms with Crippen molar-refractivity contribution in [3.05, 3.63) is 0 Å². The summed E-state index contributed by atoms with van der Waals surface area (Å²) >= 11 is 4.03. The molecule has 0 aromatic carbocycles. The lowest BCUT2D eigenvalue weighted by atomic mass is 10.2. The molecule has 0 aromatic heterocycles. The molecule has 0 spiro atoms. The predicted molar refractivity (Wildman–Crippen MR) is 74.3 cm³/mol. The van der Waals surface area contributed by atoms with Gasteiger partial charge in [-0.2, -0.15) is 23.5 Å². The summed E-state index contributed by atoms with van der Waals surface area (Å²) in [6.07, 6.45) is 0. The molecule has 16 heavy (non-hydrogen) atoms. The summed E-state index contributed by atoms with van der Waals surface area (Å²) in [6, 6.07) is 0.131. The molecule has 1 amide bonds. The van der Waals surface area contributed by atoms with Crippen LogP contribution in [-0.2, 0) is 4.79 Å². The zero-order valence-corrected chi connectivity index (χ0v) is 11.9. The monoisotopic (exact) mass is 262 g/mol. The minimum absolute atomic E-state index is 0.0880. The van der Waals surface area contributed by atoms with Crippen LogP contribution >= 0.6 is 23.5 Å². The molecular weight excluding hydrogens is 240 g/mol. The van der Waals surface area contributed by atoms with E-state index in [2.05, 4.69) is 10.6 Å². The van der Waals surface area contributed by atoms with Gasteiger partial charge in [0.1, 0.15) is 0 Å². The van der Waals surface area contributed by atoms with E-state index in [-0.39, 0.29) is 18.0 Å². The Morgan fingerprint density at radius 3 is 2.69 bits per heavy atom. The number of amides is 1. The van der Waals surface area contributed by atoms with Crippen LogP contribution in [0.1, 0.15) is 20.8 Å². The SMILES string of the molecule is CC(C)NC(=O)C(C)NCC1CSCCS1. The third kappa shape index (κ3) is 5.46. The summed E-state index contributed by atoms with van der Waals surface area (Å²) < 4.78 is 0. The minimum Gasteiger partial charge on any atom is -0.353 e. The van der Waals surface area contributed by atoms with Gasteiger partial charge in [0.2, 0.25) is 5.91 Å². The average Bonchev–Trinajstić information content (AvgIpc) is 2.26. The first-order chi connectivity index (χ1) is 7.59. The highest BCUT2D eigenvalue weighted by Gasteiger charge is 2.18. The van der Waals surface area contributed by atoms with Gasteiger partial charge in [-0.25, -0.2) is 0 Å². The maximum absolute atomic E-state index is 11.6. The third-order valence-electron chi connectivity index (χ3n) is 2.36. The fourth-order valence-electron chi connectivity index (χ4n) is 1.46. The molecule has 0 saturated carbocycles. The van der Waals surface area contributed by atoms with E-state index in [4.69, 9.17) is 0 Å². The standard InChI is InChI=1S/C11H22N2OS2/c1-8(2)13-11(14)9(3)12-6-10-7-15-4-5-16-10/h8-10,12H,4-7H2,1-3H3,(H,13,14). The summed E-state index contributed by atoms with van der Waals surface area (Å²) in [5.74, 6) is 3.81. The molecule has 1 rings (SSSR count). The number of rotatable bonds is 5. The summed E-state index contributed by atoms with van der Waals surface area (Å²) in [5, 5.41) is 6.89. The van der Waals surface area contributed by atoms with Gasteiger partial charge in [0.15, 0.2) is 0 Å². The zero-order valence-electron chi connectivity index (χ0n) is 10.3. The number of carbonyl (C=O) groups is 1. The van der Waals surface area contributed by atoms with Crippen molar-refractivity contribution in [2.45, 2.75) is 38.1 Å². The van der Waals surface area contributed by atoms with Gasteiger partial charge < -0.3 is 10.6 Å². The van der Waals surface area contributed by atoms with Crippen LogP contribution in [0, 0.1) is 0 Å². The second-order valence-corrected chi connectivity index (χ2v) is 6.92. The topological polar surface area (TPSA) is 41.1 Å². The molecule has 1 heterocycles. The largest absolute Gasteiger partial charge is 0.353 e. The van der Waals surface area contributed by atoms with Crippen LogP contribution < -0.4 is 10.6 Å². The smallest absolute Gasteiger partial charge is 0.237 e. The zero-order chi connectivity index (χ0) is 12.0. The molecule has 0 aliphatic carbocycles. The normalized spacial score (nSPS) is 23.1. The van der Waals surface area contributed by atoms with Crippen molar-refractivity contribution in [3.8, 4) is 0 Å². The molecule has 0 bridgehead atoms. The first-order valence-electron chi connectivity index (χ1n) is 5.82. The average molecular weight is 262 g/mol. The lowest BCUT2D eigenvalue weighted by Crippen LogP contribution is -2.46. The maximum Gasteiger partial charge on any atom is 0.237 e. The summed E-state index contributed by atoms with van der Waals surface area (Å²) in [7, 11) is 0. The van der Waals surface area contributed by atoms with Crippen LogP contribution in [0.5, 0.6) is 0 Å². The van der Waals surface area contributed by atoms with E-state index >= 15 is 0 Å². The van der Waals surface area contributed by atoms with Crippen molar-refractivity contribution in [1.29, 1.82) is 0 Å². The van der Waals surface area contributed by atoms with Crippen LogP contribution in [-0.4, -0.2) is 47.0 Å². The van der Waals surface area contributed by atoms with E-state index in [1.807, 2.05) is 44.3 Å². The third-order valence-corrected chi connectivity index (χ3v) is 5.21. The van der Waals surface area contributed by atoms with Crippen LogP contribution in [0.15, 0.2) is 0 Å². The number of nitrogens with one attached hydrogen (secondary N) is 2. The van der Waals surface area contributed by atoms with Gasteiger partial charge in [-0.05, 0) is 20.8 Å². The quantitative estimate of drug-likeness (QED) is 0.784. The van der Waals surface area contributed by atoms with Crippen molar-refractivity contribution in [2.75, 3.05) is 23.8 Å². The van der Waals surface area contributed by atoms with Gasteiger partial charge >= 0.3 is 0 Å². The molecule has 0 radical (unpaired) electrons. The van der Waals surface area contributed by atoms with Crippen molar-refractivity contribution < 1.29 is 4.79 Å². The Bertz CT molecular complexity index is 218. The summed E-state index contributed by atoms with van der Waals surface area (Å²) in [6.45, 7) is 6.83. The van der Waals surface area contributed by atoms with Crippen LogP contribution in [0.2, 0.25) is 0 Å². The first-order valence-corrected chi connectivity index (χ1v) is 8.03. The lowest BCUT2D eigenvalue weighted by Gasteiger charge is -2.23. The molecule has 1 fully saturated rings. The van der Waals surface area contributed by atoms with E-state index in [0.717, 1.165) is 6.54 Å². The molecule has 2 N–H and O–H groups in total. The van der Waals surface area contributed by atoms with E-state index in [0.29, 0.717) is 5.25 Å². The summed E-state index contributed by atoms with van der Waals surface area (Å²) in [5.41, 5.74) is 0. The molecule has 0 aromatic rings. The van der Waals surface area contributed by atoms with Gasteiger partial charge in [-0.3, -0.25) is 4.79 Å². The molecule has 2 unspecified atom stereocenters. The minimum atomic E-state index is -0.0880. The molecular formula is C11H22N2OS2. The Kier molecular flexibility index (Phi) is 6.61. The molecule has 1 aliphatic rings.